The quantitative estimate of drug-likeness (QED) is 0.548. The third-order valence-corrected chi connectivity index (χ3v) is 7.02. The van der Waals surface area contributed by atoms with Crippen LogP contribution in [0.1, 0.15) is 24.1 Å². The number of sulfone groups is 1. The Kier molecular flexibility index (Phi) is 6.34. The molecule has 1 aliphatic heterocycles. The van der Waals surface area contributed by atoms with Crippen LogP contribution in [0.2, 0.25) is 0 Å². The highest BCUT2D eigenvalue weighted by atomic mass is 32.2. The van der Waals surface area contributed by atoms with Crippen molar-refractivity contribution < 1.29 is 21.9 Å². The summed E-state index contributed by atoms with van der Waals surface area (Å²) >= 11 is 0. The Morgan fingerprint density at radius 2 is 1.76 bits per heavy atom. The van der Waals surface area contributed by atoms with Gasteiger partial charge in [-0.3, -0.25) is 9.36 Å². The number of aromatic nitrogens is 2. The van der Waals surface area contributed by atoms with Gasteiger partial charge in [0.15, 0.2) is 21.5 Å². The average molecular weight is 493 g/mol. The van der Waals surface area contributed by atoms with Gasteiger partial charge in [-0.25, -0.2) is 22.2 Å². The number of hydrogen-bond donors (Lipinski definition) is 1. The summed E-state index contributed by atoms with van der Waals surface area (Å²) in [7, 11) is -2.17. The number of benzene rings is 2. The maximum Gasteiger partial charge on any atom is 0.262 e. The minimum absolute atomic E-state index is 0.0687. The normalized spacial score (nSPS) is 15.5. The summed E-state index contributed by atoms with van der Waals surface area (Å²) in [5.74, 6) is -1.92. The van der Waals surface area contributed by atoms with Crippen LogP contribution in [0, 0.1) is 18.6 Å². The molecule has 3 aromatic rings. The number of halogens is 2. The van der Waals surface area contributed by atoms with Crippen LogP contribution in [0.4, 0.5) is 20.4 Å². The zero-order chi connectivity index (χ0) is 24.8. The second-order valence-corrected chi connectivity index (χ2v) is 10.5. The van der Waals surface area contributed by atoms with Gasteiger partial charge in [-0.1, -0.05) is 6.07 Å². The summed E-state index contributed by atoms with van der Waals surface area (Å²) < 4.78 is 59.1. The highest BCUT2D eigenvalue weighted by Gasteiger charge is 2.23. The summed E-state index contributed by atoms with van der Waals surface area (Å²) in [6.07, 6.45) is 0.928. The van der Waals surface area contributed by atoms with Crippen molar-refractivity contribution in [2.75, 3.05) is 42.8 Å². The van der Waals surface area contributed by atoms with Gasteiger partial charge in [0.1, 0.15) is 0 Å². The second kappa shape index (κ2) is 8.95. The Morgan fingerprint density at radius 3 is 2.41 bits per heavy atom. The van der Waals surface area contributed by atoms with Crippen molar-refractivity contribution in [2.24, 2.45) is 7.05 Å². The molecule has 1 aliphatic rings. The molecule has 0 aliphatic carbocycles. The van der Waals surface area contributed by atoms with E-state index in [-0.39, 0.29) is 16.1 Å². The van der Waals surface area contributed by atoms with Gasteiger partial charge in [0, 0.05) is 38.0 Å². The fourth-order valence-electron chi connectivity index (χ4n) is 4.18. The summed E-state index contributed by atoms with van der Waals surface area (Å²) in [5, 5.41) is 3.40. The standard InChI is InChI=1S/C23H26F2N4O4S/c1-13-9-15(14(2)26-19-11-17(24)18(25)12-20(19)34(4,31)32)21-16(10-13)22(30)28(3)23(27-21)29-5-7-33-8-6-29/h9-12,14,26H,5-8H2,1-4H3/t14-/m1/s1. The SMILES string of the molecule is Cc1cc([C@@H](C)Nc2cc(F)c(F)cc2S(C)(=O)=O)c2nc(N3CCOCC3)n(C)c(=O)c2c1. The number of fused-ring (bicyclic) bond motifs is 1. The Morgan fingerprint density at radius 1 is 1.12 bits per heavy atom. The Bertz CT molecular complexity index is 1430. The highest BCUT2D eigenvalue weighted by molar-refractivity contribution is 7.90. The molecule has 1 saturated heterocycles. The molecule has 1 atom stereocenters. The first-order chi connectivity index (χ1) is 16.0. The van der Waals surface area contributed by atoms with Gasteiger partial charge in [0.25, 0.3) is 5.56 Å². The number of anilines is 2. The van der Waals surface area contributed by atoms with Crippen LogP contribution >= 0.6 is 0 Å². The van der Waals surface area contributed by atoms with Crippen molar-refractivity contribution in [3.63, 3.8) is 0 Å². The predicted molar refractivity (Wildman–Crippen MR) is 126 cm³/mol. The molecule has 0 amide bonds. The maximum absolute atomic E-state index is 14.0. The molecular formula is C23H26F2N4O4S. The van der Waals surface area contributed by atoms with E-state index in [0.29, 0.717) is 54.8 Å². The van der Waals surface area contributed by atoms with E-state index < -0.39 is 27.5 Å². The summed E-state index contributed by atoms with van der Waals surface area (Å²) in [4.78, 5) is 19.6. The van der Waals surface area contributed by atoms with Crippen LogP contribution in [0.15, 0.2) is 34.0 Å². The van der Waals surface area contributed by atoms with E-state index in [9.17, 15) is 22.0 Å². The van der Waals surface area contributed by atoms with Gasteiger partial charge in [-0.05, 0) is 31.5 Å². The molecular weight excluding hydrogens is 466 g/mol. The summed E-state index contributed by atoms with van der Waals surface area (Å²) in [5.41, 5.74) is 1.61. The summed E-state index contributed by atoms with van der Waals surface area (Å²) in [6, 6.07) is 4.51. The van der Waals surface area contributed by atoms with Crippen molar-refractivity contribution in [1.29, 1.82) is 0 Å². The highest BCUT2D eigenvalue weighted by Crippen LogP contribution is 2.31. The largest absolute Gasteiger partial charge is 0.378 e. The van der Waals surface area contributed by atoms with E-state index in [4.69, 9.17) is 9.72 Å². The minimum atomic E-state index is -3.84. The molecule has 0 saturated carbocycles. The monoisotopic (exact) mass is 492 g/mol. The van der Waals surface area contributed by atoms with Crippen molar-refractivity contribution in [3.8, 4) is 0 Å². The van der Waals surface area contributed by atoms with Crippen LogP contribution in [0.25, 0.3) is 10.9 Å². The van der Waals surface area contributed by atoms with Crippen LogP contribution in [0.3, 0.4) is 0 Å². The van der Waals surface area contributed by atoms with Gasteiger partial charge < -0.3 is 15.0 Å². The molecule has 0 unspecified atom stereocenters. The smallest absolute Gasteiger partial charge is 0.262 e. The zero-order valence-electron chi connectivity index (χ0n) is 19.4. The van der Waals surface area contributed by atoms with Gasteiger partial charge in [0.05, 0.1) is 40.7 Å². The molecule has 2 heterocycles. The van der Waals surface area contributed by atoms with Crippen LogP contribution < -0.4 is 15.8 Å². The molecule has 2 aromatic carbocycles. The molecule has 8 nitrogen and oxygen atoms in total. The van der Waals surface area contributed by atoms with E-state index in [2.05, 4.69) is 5.32 Å². The Labute approximate surface area is 196 Å². The van der Waals surface area contributed by atoms with Crippen molar-refractivity contribution in [3.05, 3.63) is 57.4 Å². The lowest BCUT2D eigenvalue weighted by Crippen LogP contribution is -2.40. The predicted octanol–water partition coefficient (Wildman–Crippen LogP) is 2.93. The topological polar surface area (TPSA) is 93.5 Å². The lowest BCUT2D eigenvalue weighted by Gasteiger charge is -2.29. The first-order valence-electron chi connectivity index (χ1n) is 10.8. The molecule has 34 heavy (non-hydrogen) atoms. The molecule has 0 bridgehead atoms. The van der Waals surface area contributed by atoms with Gasteiger partial charge >= 0.3 is 0 Å². The minimum Gasteiger partial charge on any atom is -0.378 e. The molecule has 4 rings (SSSR count). The average Bonchev–Trinajstić information content (AvgIpc) is 2.78. The van der Waals surface area contributed by atoms with E-state index in [0.717, 1.165) is 17.9 Å². The van der Waals surface area contributed by atoms with Crippen molar-refractivity contribution in [1.82, 2.24) is 9.55 Å². The number of morpholine rings is 1. The number of aryl methyl sites for hydroxylation is 1. The zero-order valence-corrected chi connectivity index (χ0v) is 20.2. The van der Waals surface area contributed by atoms with E-state index in [1.807, 2.05) is 17.9 Å². The van der Waals surface area contributed by atoms with Crippen molar-refractivity contribution >= 4 is 32.4 Å². The van der Waals surface area contributed by atoms with Crippen LogP contribution in [-0.4, -0.2) is 50.5 Å². The number of rotatable bonds is 5. The summed E-state index contributed by atoms with van der Waals surface area (Å²) in [6.45, 7) is 5.81. The van der Waals surface area contributed by atoms with Gasteiger partial charge in [-0.2, -0.15) is 0 Å². The molecule has 1 N–H and O–H groups in total. The molecule has 0 radical (unpaired) electrons. The van der Waals surface area contributed by atoms with Crippen molar-refractivity contribution in [2.45, 2.75) is 24.8 Å². The third kappa shape index (κ3) is 4.49. The lowest BCUT2D eigenvalue weighted by molar-refractivity contribution is 0.121. The molecule has 182 valence electrons. The first kappa shape index (κ1) is 24.1. The number of hydrogen-bond acceptors (Lipinski definition) is 7. The molecule has 1 aromatic heterocycles. The first-order valence-corrected chi connectivity index (χ1v) is 12.7. The molecule has 0 spiro atoms. The van der Waals surface area contributed by atoms with E-state index in [1.54, 1.807) is 20.0 Å². The second-order valence-electron chi connectivity index (χ2n) is 8.53. The van der Waals surface area contributed by atoms with E-state index >= 15 is 0 Å². The molecule has 1 fully saturated rings. The number of nitrogens with zero attached hydrogens (tertiary/aromatic N) is 3. The third-order valence-electron chi connectivity index (χ3n) is 5.88. The van der Waals surface area contributed by atoms with E-state index in [1.165, 1.54) is 4.57 Å². The van der Waals surface area contributed by atoms with Crippen LogP contribution in [-0.2, 0) is 21.6 Å². The maximum atomic E-state index is 14.0. The Hall–Kier alpha value is -3.05. The van der Waals surface area contributed by atoms with Gasteiger partial charge in [-0.15, -0.1) is 0 Å². The number of nitrogens with one attached hydrogen (secondary N) is 1. The van der Waals surface area contributed by atoms with Gasteiger partial charge in [0.2, 0.25) is 5.95 Å². The molecule has 11 heteroatoms. The fourth-order valence-corrected chi connectivity index (χ4v) is 5.01. The Balaban J connectivity index is 1.86. The van der Waals surface area contributed by atoms with Crippen LogP contribution in [0.5, 0.6) is 0 Å². The fraction of sp³-hybridized carbons (Fsp3) is 0.391. The number of ether oxygens (including phenoxy) is 1. The lowest BCUT2D eigenvalue weighted by atomic mass is 10.0.